The van der Waals surface area contributed by atoms with Crippen molar-refractivity contribution in [1.29, 1.82) is 0 Å². The average Bonchev–Trinajstić information content (AvgIpc) is 2.92. The van der Waals surface area contributed by atoms with Gasteiger partial charge < -0.3 is 14.7 Å². The summed E-state index contributed by atoms with van der Waals surface area (Å²) in [5.41, 5.74) is -5.66. The Balaban J connectivity index is 2.10. The molecule has 3 atom stereocenters. The third-order valence-corrected chi connectivity index (χ3v) is 5.66. The van der Waals surface area contributed by atoms with Gasteiger partial charge >= 0.3 is 5.51 Å². The first-order chi connectivity index (χ1) is 11.5. The molecule has 1 amide bonds. The highest BCUT2D eigenvalue weighted by Crippen LogP contribution is 2.45. The Morgan fingerprint density at radius 1 is 1.36 bits per heavy atom. The topological polar surface area (TPSA) is 66.8 Å². The van der Waals surface area contributed by atoms with E-state index in [2.05, 4.69) is 0 Å². The number of alkyl halides is 3. The Hall–Kier alpha value is -1.61. The van der Waals surface area contributed by atoms with Gasteiger partial charge in [-0.2, -0.15) is 13.2 Å². The third kappa shape index (κ3) is 3.15. The number of amides is 1. The zero-order chi connectivity index (χ0) is 18.6. The van der Waals surface area contributed by atoms with Gasteiger partial charge in [-0.1, -0.05) is 0 Å². The molecule has 0 spiro atoms. The van der Waals surface area contributed by atoms with Gasteiger partial charge in [-0.15, -0.1) is 0 Å². The summed E-state index contributed by atoms with van der Waals surface area (Å²) in [6.07, 6.45) is -0.183. The van der Waals surface area contributed by atoms with Crippen LogP contribution in [0.3, 0.4) is 0 Å². The molecule has 1 aromatic rings. The molecule has 3 rings (SSSR count). The van der Waals surface area contributed by atoms with Crippen LogP contribution in [0.15, 0.2) is 23.1 Å². The lowest BCUT2D eigenvalue weighted by Crippen LogP contribution is -2.53. The molecule has 0 aliphatic carbocycles. The molecule has 2 aliphatic heterocycles. The van der Waals surface area contributed by atoms with Gasteiger partial charge in [0.15, 0.2) is 10.8 Å². The molecule has 9 heteroatoms. The first kappa shape index (κ1) is 18.2. The number of fused-ring (bicyclic) bond motifs is 1. The van der Waals surface area contributed by atoms with Crippen molar-refractivity contribution in [2.24, 2.45) is 0 Å². The Morgan fingerprint density at radius 2 is 2.04 bits per heavy atom. The predicted molar refractivity (Wildman–Crippen MR) is 83.3 cm³/mol. The lowest BCUT2D eigenvalue weighted by Gasteiger charge is -2.45. The van der Waals surface area contributed by atoms with E-state index in [4.69, 9.17) is 4.74 Å². The fraction of sp³-hybridized carbons (Fsp3) is 0.562. The normalized spacial score (nSPS) is 27.0. The summed E-state index contributed by atoms with van der Waals surface area (Å²) in [5, 5.41) is 10.7. The van der Waals surface area contributed by atoms with Gasteiger partial charge in [-0.05, 0) is 38.5 Å². The van der Waals surface area contributed by atoms with Crippen molar-refractivity contribution in [2.45, 2.75) is 54.8 Å². The number of nitrogens with zero attached hydrogens (tertiary/aromatic N) is 1. The predicted octanol–water partition coefficient (Wildman–Crippen LogP) is 2.51. The zero-order valence-electron chi connectivity index (χ0n) is 13.7. The molecule has 1 unspecified atom stereocenters. The molecule has 0 saturated carbocycles. The van der Waals surface area contributed by atoms with Gasteiger partial charge in [-0.25, -0.2) is 4.21 Å². The second-order valence-electron chi connectivity index (χ2n) is 6.70. The van der Waals surface area contributed by atoms with Crippen LogP contribution in [0.4, 0.5) is 13.2 Å². The first-order valence-corrected chi connectivity index (χ1v) is 8.96. The number of aliphatic hydroxyl groups is 1. The third-order valence-electron chi connectivity index (χ3n) is 4.55. The number of benzene rings is 1. The van der Waals surface area contributed by atoms with E-state index in [1.54, 1.807) is 13.8 Å². The largest absolute Gasteiger partial charge is 0.485 e. The van der Waals surface area contributed by atoms with Crippen LogP contribution in [0.25, 0.3) is 0 Å². The molecule has 138 valence electrons. The summed E-state index contributed by atoms with van der Waals surface area (Å²) >= 11 is 0. The Bertz CT molecular complexity index is 735. The van der Waals surface area contributed by atoms with E-state index in [0.29, 0.717) is 19.4 Å². The summed E-state index contributed by atoms with van der Waals surface area (Å²) in [7, 11) is -3.20. The van der Waals surface area contributed by atoms with Crippen molar-refractivity contribution in [3.8, 4) is 5.75 Å². The number of carbonyl (C=O) groups is 1. The van der Waals surface area contributed by atoms with Crippen LogP contribution in [0.1, 0.15) is 38.3 Å². The van der Waals surface area contributed by atoms with Crippen molar-refractivity contribution in [1.82, 2.24) is 4.90 Å². The maximum absolute atomic E-state index is 12.8. The van der Waals surface area contributed by atoms with E-state index in [-0.39, 0.29) is 17.2 Å². The minimum absolute atomic E-state index is 0.171. The van der Waals surface area contributed by atoms with E-state index >= 15 is 0 Å². The minimum Gasteiger partial charge on any atom is -0.485 e. The summed E-state index contributed by atoms with van der Waals surface area (Å²) in [6.45, 7) is 3.70. The maximum atomic E-state index is 12.8. The number of carbonyl (C=O) groups excluding carboxylic acids is 1. The van der Waals surface area contributed by atoms with Crippen LogP contribution in [0.2, 0.25) is 0 Å². The van der Waals surface area contributed by atoms with E-state index in [9.17, 15) is 27.3 Å². The SMILES string of the molecule is CC1(C)Oc2ccc(S(=O)C(F)(F)F)cc2[C@@H](N2CCCC2=O)[C@@H]1O. The molecule has 0 radical (unpaired) electrons. The molecule has 2 heterocycles. The molecule has 1 aromatic carbocycles. The van der Waals surface area contributed by atoms with Gasteiger partial charge in [-0.3, -0.25) is 4.79 Å². The average molecular weight is 377 g/mol. The van der Waals surface area contributed by atoms with Crippen LogP contribution >= 0.6 is 0 Å². The van der Waals surface area contributed by atoms with E-state index in [1.165, 1.54) is 11.0 Å². The number of likely N-dealkylation sites (tertiary alicyclic amines) is 1. The second kappa shape index (κ2) is 5.98. The van der Waals surface area contributed by atoms with Crippen molar-refractivity contribution in [3.05, 3.63) is 23.8 Å². The number of hydrogen-bond donors (Lipinski definition) is 1. The van der Waals surface area contributed by atoms with Gasteiger partial charge in [0.1, 0.15) is 17.5 Å². The van der Waals surface area contributed by atoms with Crippen LogP contribution in [-0.4, -0.2) is 43.9 Å². The standard InChI is InChI=1S/C16H18F3NO4S/c1-15(2)14(22)13(20-7-3-4-12(20)21)10-8-9(5-6-11(10)24-15)25(23)16(17,18)19/h5-6,8,13-14,22H,3-4,7H2,1-2H3/t13-,14+,25?/m1/s1. The lowest BCUT2D eigenvalue weighted by atomic mass is 9.85. The summed E-state index contributed by atoms with van der Waals surface area (Å²) in [4.78, 5) is 13.2. The summed E-state index contributed by atoms with van der Waals surface area (Å²) in [6, 6.07) is 2.70. The van der Waals surface area contributed by atoms with Crippen LogP contribution in [-0.2, 0) is 15.6 Å². The smallest absolute Gasteiger partial charge is 0.475 e. The molecule has 0 bridgehead atoms. The molecule has 1 saturated heterocycles. The molecule has 1 N–H and O–H groups in total. The summed E-state index contributed by atoms with van der Waals surface area (Å²) in [5.74, 6) is 0.109. The second-order valence-corrected chi connectivity index (χ2v) is 8.17. The van der Waals surface area contributed by atoms with Crippen LogP contribution in [0, 0.1) is 0 Å². The highest BCUT2D eigenvalue weighted by molar-refractivity contribution is 7.86. The van der Waals surface area contributed by atoms with Crippen LogP contribution < -0.4 is 4.74 Å². The molecular weight excluding hydrogens is 359 g/mol. The highest BCUT2D eigenvalue weighted by atomic mass is 32.2. The van der Waals surface area contributed by atoms with Gasteiger partial charge in [0, 0.05) is 23.4 Å². The van der Waals surface area contributed by atoms with E-state index < -0.39 is 39.0 Å². The number of hydrogen-bond acceptors (Lipinski definition) is 4. The number of aliphatic hydroxyl groups excluding tert-OH is 1. The van der Waals surface area contributed by atoms with Gasteiger partial charge in [0.05, 0.1) is 6.04 Å². The number of halogens is 3. The summed E-state index contributed by atoms with van der Waals surface area (Å²) < 4.78 is 55.7. The Morgan fingerprint density at radius 3 is 2.60 bits per heavy atom. The minimum atomic E-state index is -4.89. The first-order valence-electron chi connectivity index (χ1n) is 7.81. The molecule has 5 nitrogen and oxygen atoms in total. The van der Waals surface area contributed by atoms with Gasteiger partial charge in [0.2, 0.25) is 5.91 Å². The lowest BCUT2D eigenvalue weighted by molar-refractivity contribution is -0.139. The highest BCUT2D eigenvalue weighted by Gasteiger charge is 2.48. The quantitative estimate of drug-likeness (QED) is 0.860. The Kier molecular flexibility index (Phi) is 4.35. The molecule has 1 fully saturated rings. The molecule has 25 heavy (non-hydrogen) atoms. The van der Waals surface area contributed by atoms with Crippen molar-refractivity contribution in [2.75, 3.05) is 6.54 Å². The molecule has 2 aliphatic rings. The van der Waals surface area contributed by atoms with E-state index in [0.717, 1.165) is 12.1 Å². The number of rotatable bonds is 2. The monoisotopic (exact) mass is 377 g/mol. The zero-order valence-corrected chi connectivity index (χ0v) is 14.5. The molecular formula is C16H18F3NO4S. The fourth-order valence-corrected chi connectivity index (χ4v) is 3.99. The van der Waals surface area contributed by atoms with Crippen molar-refractivity contribution < 1.29 is 32.0 Å². The fourth-order valence-electron chi connectivity index (χ4n) is 3.30. The van der Waals surface area contributed by atoms with Gasteiger partial charge in [0.25, 0.3) is 0 Å². The van der Waals surface area contributed by atoms with Crippen molar-refractivity contribution in [3.63, 3.8) is 0 Å². The Labute approximate surface area is 145 Å². The molecule has 0 aromatic heterocycles. The maximum Gasteiger partial charge on any atom is 0.475 e. The number of ether oxygens (including phenoxy) is 1. The van der Waals surface area contributed by atoms with E-state index in [1.807, 2.05) is 0 Å². The van der Waals surface area contributed by atoms with Crippen LogP contribution in [0.5, 0.6) is 5.75 Å². The van der Waals surface area contributed by atoms with Crippen molar-refractivity contribution >= 4 is 16.7 Å².